The lowest BCUT2D eigenvalue weighted by Gasteiger charge is -2.26. The van der Waals surface area contributed by atoms with Crippen LogP contribution in [-0.2, 0) is 6.54 Å². The molecule has 1 aromatic heterocycles. The Balaban J connectivity index is 2.20. The van der Waals surface area contributed by atoms with Crippen molar-refractivity contribution in [2.24, 2.45) is 11.8 Å². The van der Waals surface area contributed by atoms with Gasteiger partial charge in [0.2, 0.25) is 0 Å². The molecule has 4 nitrogen and oxygen atoms in total. The van der Waals surface area contributed by atoms with Gasteiger partial charge in [-0.1, -0.05) is 31.9 Å². The van der Waals surface area contributed by atoms with E-state index in [0.29, 0.717) is 12.0 Å². The molecule has 1 aromatic rings. The monoisotopic (exact) mass is 312 g/mol. The molecule has 2 rings (SSSR count). The van der Waals surface area contributed by atoms with E-state index in [1.807, 2.05) is 0 Å². The molecule has 21 heavy (non-hydrogen) atoms. The van der Waals surface area contributed by atoms with Crippen LogP contribution in [0, 0.1) is 11.8 Å². The summed E-state index contributed by atoms with van der Waals surface area (Å²) in [7, 11) is 4.18. The number of nitrogens with one attached hydrogen (secondary N) is 1. The average molecular weight is 313 g/mol. The number of halogens is 1. The van der Waals surface area contributed by atoms with E-state index in [0.717, 1.165) is 30.6 Å². The smallest absolute Gasteiger partial charge is 0.0834 e. The predicted molar refractivity (Wildman–Crippen MR) is 88.7 cm³/mol. The summed E-state index contributed by atoms with van der Waals surface area (Å²) in [5.41, 5.74) is 1.18. The first-order valence-electron chi connectivity index (χ1n) is 8.12. The highest BCUT2D eigenvalue weighted by molar-refractivity contribution is 6.31. The number of aromatic nitrogens is 2. The van der Waals surface area contributed by atoms with Gasteiger partial charge >= 0.3 is 0 Å². The third-order valence-corrected chi connectivity index (χ3v) is 4.81. The topological polar surface area (TPSA) is 33.1 Å². The lowest BCUT2D eigenvalue weighted by Crippen LogP contribution is -2.31. The second-order valence-corrected chi connectivity index (χ2v) is 7.03. The van der Waals surface area contributed by atoms with Crippen LogP contribution in [0.4, 0.5) is 0 Å². The minimum atomic E-state index is 0.331. The molecular weight excluding hydrogens is 284 g/mol. The van der Waals surface area contributed by atoms with Gasteiger partial charge in [0.1, 0.15) is 0 Å². The maximum atomic E-state index is 6.47. The SMILES string of the molecule is CCNC(c1c(Cl)cnn1CCN(C)C)C1CCC(C)C1. The molecule has 0 spiro atoms. The van der Waals surface area contributed by atoms with Crippen LogP contribution >= 0.6 is 11.6 Å². The standard InChI is InChI=1S/C16H29ClN4/c1-5-18-15(13-7-6-12(2)10-13)16-14(17)11-19-21(16)9-8-20(3)4/h11-13,15,18H,5-10H2,1-4H3. The van der Waals surface area contributed by atoms with E-state index in [2.05, 4.69) is 47.9 Å². The highest BCUT2D eigenvalue weighted by Gasteiger charge is 2.32. The molecule has 1 aliphatic rings. The summed E-state index contributed by atoms with van der Waals surface area (Å²) in [6.45, 7) is 7.35. The van der Waals surface area contributed by atoms with Crippen molar-refractivity contribution in [3.05, 3.63) is 16.9 Å². The average Bonchev–Trinajstić information content (AvgIpc) is 3.00. The lowest BCUT2D eigenvalue weighted by atomic mass is 9.94. The molecule has 1 heterocycles. The van der Waals surface area contributed by atoms with Crippen LogP contribution in [0.3, 0.4) is 0 Å². The maximum Gasteiger partial charge on any atom is 0.0834 e. The minimum absolute atomic E-state index is 0.331. The number of nitrogens with zero attached hydrogens (tertiary/aromatic N) is 3. The molecule has 1 N–H and O–H groups in total. The normalized spacial score (nSPS) is 23.9. The molecule has 1 fully saturated rings. The molecule has 0 aliphatic heterocycles. The molecule has 1 aliphatic carbocycles. The number of likely N-dealkylation sites (N-methyl/N-ethyl adjacent to an activating group) is 1. The fourth-order valence-corrected chi connectivity index (χ4v) is 3.67. The molecule has 0 radical (unpaired) electrons. The van der Waals surface area contributed by atoms with Gasteiger partial charge in [0, 0.05) is 6.54 Å². The summed E-state index contributed by atoms with van der Waals surface area (Å²) in [6.07, 6.45) is 5.70. The molecular formula is C16H29ClN4. The van der Waals surface area contributed by atoms with Gasteiger partial charge in [-0.05, 0) is 45.3 Å². The molecule has 5 heteroatoms. The Hall–Kier alpha value is -0.580. The van der Waals surface area contributed by atoms with Crippen LogP contribution in [-0.4, -0.2) is 41.9 Å². The van der Waals surface area contributed by atoms with Crippen molar-refractivity contribution >= 4 is 11.6 Å². The van der Waals surface area contributed by atoms with Crippen molar-refractivity contribution in [3.63, 3.8) is 0 Å². The highest BCUT2D eigenvalue weighted by Crippen LogP contribution is 2.40. The van der Waals surface area contributed by atoms with Crippen LogP contribution in [0.25, 0.3) is 0 Å². The quantitative estimate of drug-likeness (QED) is 0.839. The van der Waals surface area contributed by atoms with Gasteiger partial charge in [-0.3, -0.25) is 4.68 Å². The molecule has 0 aromatic carbocycles. The predicted octanol–water partition coefficient (Wildman–Crippen LogP) is 3.18. The van der Waals surface area contributed by atoms with Crippen LogP contribution in [0.5, 0.6) is 0 Å². The Morgan fingerprint density at radius 2 is 2.24 bits per heavy atom. The molecule has 1 saturated carbocycles. The van der Waals surface area contributed by atoms with E-state index in [9.17, 15) is 0 Å². The van der Waals surface area contributed by atoms with E-state index in [4.69, 9.17) is 11.6 Å². The van der Waals surface area contributed by atoms with Gasteiger partial charge in [0.25, 0.3) is 0 Å². The van der Waals surface area contributed by atoms with Gasteiger partial charge < -0.3 is 10.2 Å². The van der Waals surface area contributed by atoms with Crippen molar-refractivity contribution in [3.8, 4) is 0 Å². The maximum absolute atomic E-state index is 6.47. The summed E-state index contributed by atoms with van der Waals surface area (Å²) in [4.78, 5) is 2.18. The Morgan fingerprint density at radius 3 is 2.81 bits per heavy atom. The van der Waals surface area contributed by atoms with Gasteiger partial charge in [-0.15, -0.1) is 0 Å². The summed E-state index contributed by atoms with van der Waals surface area (Å²) < 4.78 is 2.10. The third kappa shape index (κ3) is 4.21. The fourth-order valence-electron chi connectivity index (χ4n) is 3.41. The van der Waals surface area contributed by atoms with Gasteiger partial charge in [-0.2, -0.15) is 5.10 Å². The first kappa shape index (κ1) is 16.8. The second-order valence-electron chi connectivity index (χ2n) is 6.62. The minimum Gasteiger partial charge on any atom is -0.309 e. The van der Waals surface area contributed by atoms with Crippen LogP contribution in [0.2, 0.25) is 5.02 Å². The molecule has 0 amide bonds. The summed E-state index contributed by atoms with van der Waals surface area (Å²) in [5, 5.41) is 8.96. The largest absolute Gasteiger partial charge is 0.309 e. The highest BCUT2D eigenvalue weighted by atomic mass is 35.5. The van der Waals surface area contributed by atoms with Crippen molar-refractivity contribution in [1.82, 2.24) is 20.0 Å². The van der Waals surface area contributed by atoms with Gasteiger partial charge in [-0.25, -0.2) is 0 Å². The van der Waals surface area contributed by atoms with Crippen LogP contribution in [0.15, 0.2) is 6.20 Å². The van der Waals surface area contributed by atoms with Crippen molar-refractivity contribution in [1.29, 1.82) is 0 Å². The summed E-state index contributed by atoms with van der Waals surface area (Å²) in [5.74, 6) is 1.50. The van der Waals surface area contributed by atoms with E-state index < -0.39 is 0 Å². The van der Waals surface area contributed by atoms with Gasteiger partial charge in [0.15, 0.2) is 0 Å². The molecule has 120 valence electrons. The van der Waals surface area contributed by atoms with Crippen molar-refractivity contribution < 1.29 is 0 Å². The Morgan fingerprint density at radius 1 is 1.48 bits per heavy atom. The molecule has 3 unspecified atom stereocenters. The zero-order valence-corrected chi connectivity index (χ0v) is 14.5. The Labute approximate surface area is 133 Å². The van der Waals surface area contributed by atoms with Gasteiger partial charge in [0.05, 0.1) is 29.5 Å². The van der Waals surface area contributed by atoms with Crippen molar-refractivity contribution in [2.75, 3.05) is 27.2 Å². The lowest BCUT2D eigenvalue weighted by molar-refractivity contribution is 0.325. The molecule has 0 saturated heterocycles. The van der Waals surface area contributed by atoms with Crippen LogP contribution in [0.1, 0.15) is 44.8 Å². The fraction of sp³-hybridized carbons (Fsp3) is 0.812. The Bertz CT molecular complexity index is 443. The molecule has 0 bridgehead atoms. The zero-order valence-electron chi connectivity index (χ0n) is 13.8. The van der Waals surface area contributed by atoms with Crippen molar-refractivity contribution in [2.45, 2.75) is 45.7 Å². The Kier molecular flexibility index (Phi) is 6.08. The van der Waals surface area contributed by atoms with E-state index in [-0.39, 0.29) is 0 Å². The second kappa shape index (κ2) is 7.61. The zero-order chi connectivity index (χ0) is 15.4. The number of rotatable bonds is 7. The number of hydrogen-bond acceptors (Lipinski definition) is 3. The first-order chi connectivity index (χ1) is 10.0. The number of hydrogen-bond donors (Lipinski definition) is 1. The molecule has 3 atom stereocenters. The van der Waals surface area contributed by atoms with E-state index in [1.165, 1.54) is 25.0 Å². The third-order valence-electron chi connectivity index (χ3n) is 4.52. The van der Waals surface area contributed by atoms with E-state index >= 15 is 0 Å². The summed E-state index contributed by atoms with van der Waals surface area (Å²) in [6, 6.07) is 0.331. The summed E-state index contributed by atoms with van der Waals surface area (Å²) >= 11 is 6.47. The van der Waals surface area contributed by atoms with Crippen LogP contribution < -0.4 is 5.32 Å². The van der Waals surface area contributed by atoms with E-state index in [1.54, 1.807) is 6.20 Å². The first-order valence-corrected chi connectivity index (χ1v) is 8.50.